The van der Waals surface area contributed by atoms with Crippen LogP contribution >= 0.6 is 0 Å². The van der Waals surface area contributed by atoms with Gasteiger partial charge in [-0.2, -0.15) is 5.26 Å². The number of carbonyl (C=O) groups is 1. The molecule has 11 heavy (non-hydrogen) atoms. The lowest BCUT2D eigenvalue weighted by atomic mass is 9.91. The molecule has 1 rings (SSSR count). The van der Waals surface area contributed by atoms with Gasteiger partial charge in [-0.3, -0.25) is 4.79 Å². The van der Waals surface area contributed by atoms with Crippen molar-refractivity contribution in [2.75, 3.05) is 13.1 Å². The Balaban J connectivity index is 2.39. The Morgan fingerprint density at radius 2 is 2.36 bits per heavy atom. The van der Waals surface area contributed by atoms with Crippen LogP contribution in [-0.2, 0) is 4.79 Å². The van der Waals surface area contributed by atoms with E-state index >= 15 is 0 Å². The minimum atomic E-state index is -0.930. The van der Waals surface area contributed by atoms with Crippen LogP contribution in [0.25, 0.3) is 0 Å². The summed E-state index contributed by atoms with van der Waals surface area (Å²) in [5, 5.41) is 17.7. The molecule has 0 saturated carbocycles. The number of amides is 1. The molecule has 0 unspecified atom stereocenters. The summed E-state index contributed by atoms with van der Waals surface area (Å²) < 4.78 is 0. The molecule has 1 aliphatic rings. The molecule has 0 radical (unpaired) electrons. The molecule has 60 valence electrons. The van der Waals surface area contributed by atoms with Crippen LogP contribution in [0.15, 0.2) is 0 Å². The Bertz CT molecular complexity index is 213. The second-order valence-corrected chi connectivity index (χ2v) is 2.93. The molecule has 1 saturated heterocycles. The lowest BCUT2D eigenvalue weighted by molar-refractivity contribution is -0.152. The molecule has 1 heterocycles. The van der Waals surface area contributed by atoms with Crippen molar-refractivity contribution in [3.63, 3.8) is 0 Å². The highest BCUT2D eigenvalue weighted by Crippen LogP contribution is 2.23. The number of β-amino-alcohol motifs (C(OH)–C–C–N with tert-alkyl or cyclic N) is 1. The predicted octanol–water partition coefficient (Wildman–Crippen LogP) is -0.507. The van der Waals surface area contributed by atoms with E-state index in [1.165, 1.54) is 11.8 Å². The molecular weight excluding hydrogens is 144 g/mol. The smallest absolute Gasteiger partial charge is 0.219 e. The van der Waals surface area contributed by atoms with Gasteiger partial charge in [-0.1, -0.05) is 0 Å². The van der Waals surface area contributed by atoms with E-state index in [2.05, 4.69) is 0 Å². The fourth-order valence-electron chi connectivity index (χ4n) is 1.15. The largest absolute Gasteiger partial charge is 0.385 e. The Hall–Kier alpha value is -1.08. The molecule has 0 aromatic carbocycles. The van der Waals surface area contributed by atoms with Gasteiger partial charge in [0.1, 0.15) is 5.60 Å². The summed E-state index contributed by atoms with van der Waals surface area (Å²) in [5.74, 6) is -0.0485. The van der Waals surface area contributed by atoms with Crippen LogP contribution in [0, 0.1) is 11.3 Å². The highest BCUT2D eigenvalue weighted by atomic mass is 16.3. The average Bonchev–Trinajstić information content (AvgIpc) is 1.82. The Kier molecular flexibility index (Phi) is 1.83. The maximum Gasteiger partial charge on any atom is 0.219 e. The molecule has 1 amide bonds. The number of hydrogen-bond donors (Lipinski definition) is 1. The van der Waals surface area contributed by atoms with Gasteiger partial charge in [0, 0.05) is 6.92 Å². The van der Waals surface area contributed by atoms with Crippen molar-refractivity contribution in [1.29, 1.82) is 5.26 Å². The molecule has 0 atom stereocenters. The van der Waals surface area contributed by atoms with Crippen molar-refractivity contribution in [1.82, 2.24) is 4.90 Å². The highest BCUT2D eigenvalue weighted by Gasteiger charge is 2.42. The SMILES string of the molecule is CC(=O)N1CC(O)(CC#N)C1. The number of carbonyl (C=O) groups excluding carboxylic acids is 1. The Morgan fingerprint density at radius 1 is 1.82 bits per heavy atom. The van der Waals surface area contributed by atoms with Gasteiger partial charge in [0.15, 0.2) is 0 Å². The molecule has 1 fully saturated rings. The third-order valence-corrected chi connectivity index (χ3v) is 1.82. The number of aliphatic hydroxyl groups is 1. The summed E-state index contributed by atoms with van der Waals surface area (Å²) in [5.41, 5.74) is -0.930. The monoisotopic (exact) mass is 154 g/mol. The summed E-state index contributed by atoms with van der Waals surface area (Å²) in [6, 6.07) is 1.88. The highest BCUT2D eigenvalue weighted by molar-refractivity contribution is 5.74. The first-order valence-electron chi connectivity index (χ1n) is 3.42. The second-order valence-electron chi connectivity index (χ2n) is 2.93. The van der Waals surface area contributed by atoms with E-state index in [1.807, 2.05) is 6.07 Å². The van der Waals surface area contributed by atoms with Crippen LogP contribution in [0.4, 0.5) is 0 Å². The molecule has 4 nitrogen and oxygen atoms in total. The Labute approximate surface area is 65.0 Å². The van der Waals surface area contributed by atoms with Gasteiger partial charge in [-0.25, -0.2) is 0 Å². The zero-order chi connectivity index (χ0) is 8.48. The third kappa shape index (κ3) is 1.49. The number of hydrogen-bond acceptors (Lipinski definition) is 3. The molecule has 0 bridgehead atoms. The van der Waals surface area contributed by atoms with E-state index in [1.54, 1.807) is 0 Å². The predicted molar refractivity (Wildman–Crippen MR) is 37.4 cm³/mol. The summed E-state index contributed by atoms with van der Waals surface area (Å²) in [7, 11) is 0. The first kappa shape index (κ1) is 8.02. The molecule has 0 aliphatic carbocycles. The fourth-order valence-corrected chi connectivity index (χ4v) is 1.15. The van der Waals surface area contributed by atoms with Crippen molar-refractivity contribution >= 4 is 5.91 Å². The topological polar surface area (TPSA) is 64.3 Å². The standard InChI is InChI=1S/C7H10N2O2/c1-6(10)9-4-7(11,5-9)2-3-8/h11H,2,4-5H2,1H3. The van der Waals surface area contributed by atoms with E-state index in [0.29, 0.717) is 13.1 Å². The summed E-state index contributed by atoms with van der Waals surface area (Å²) in [4.78, 5) is 12.2. The van der Waals surface area contributed by atoms with E-state index in [-0.39, 0.29) is 12.3 Å². The van der Waals surface area contributed by atoms with Crippen LogP contribution in [0.5, 0.6) is 0 Å². The third-order valence-electron chi connectivity index (χ3n) is 1.82. The van der Waals surface area contributed by atoms with Gasteiger partial charge in [0.25, 0.3) is 0 Å². The van der Waals surface area contributed by atoms with Crippen molar-refractivity contribution in [2.45, 2.75) is 18.9 Å². The van der Waals surface area contributed by atoms with Gasteiger partial charge >= 0.3 is 0 Å². The van der Waals surface area contributed by atoms with Crippen molar-refractivity contribution in [2.24, 2.45) is 0 Å². The first-order chi connectivity index (χ1) is 5.07. The maximum atomic E-state index is 10.6. The normalized spacial score (nSPS) is 20.3. The van der Waals surface area contributed by atoms with E-state index in [0.717, 1.165) is 0 Å². The molecule has 0 spiro atoms. The van der Waals surface area contributed by atoms with Crippen LogP contribution < -0.4 is 0 Å². The molecular formula is C7H10N2O2. The zero-order valence-corrected chi connectivity index (χ0v) is 6.37. The fraction of sp³-hybridized carbons (Fsp3) is 0.714. The minimum Gasteiger partial charge on any atom is -0.385 e. The number of likely N-dealkylation sites (tertiary alicyclic amines) is 1. The first-order valence-corrected chi connectivity index (χ1v) is 3.42. The van der Waals surface area contributed by atoms with Crippen LogP contribution in [0.1, 0.15) is 13.3 Å². The van der Waals surface area contributed by atoms with E-state index in [4.69, 9.17) is 5.26 Å². The van der Waals surface area contributed by atoms with Crippen LogP contribution in [-0.4, -0.2) is 34.6 Å². The molecule has 0 aromatic heterocycles. The van der Waals surface area contributed by atoms with Crippen LogP contribution in [0.3, 0.4) is 0 Å². The maximum absolute atomic E-state index is 10.6. The van der Waals surface area contributed by atoms with Gasteiger partial charge in [-0.05, 0) is 0 Å². The number of nitriles is 1. The van der Waals surface area contributed by atoms with E-state index in [9.17, 15) is 9.90 Å². The van der Waals surface area contributed by atoms with Crippen molar-refractivity contribution < 1.29 is 9.90 Å². The van der Waals surface area contributed by atoms with Gasteiger partial charge in [-0.15, -0.1) is 0 Å². The second kappa shape index (κ2) is 2.51. The van der Waals surface area contributed by atoms with Crippen molar-refractivity contribution in [3.8, 4) is 6.07 Å². The Morgan fingerprint density at radius 3 is 2.73 bits per heavy atom. The summed E-state index contributed by atoms with van der Waals surface area (Å²) in [6.07, 6.45) is 0.108. The van der Waals surface area contributed by atoms with Gasteiger partial charge in [0.05, 0.1) is 25.6 Å². The minimum absolute atomic E-state index is 0.0485. The molecule has 1 aliphatic heterocycles. The molecule has 4 heteroatoms. The molecule has 1 N–H and O–H groups in total. The quantitative estimate of drug-likeness (QED) is 0.553. The lowest BCUT2D eigenvalue weighted by Gasteiger charge is -2.44. The zero-order valence-electron chi connectivity index (χ0n) is 6.37. The number of rotatable bonds is 1. The number of nitrogens with zero attached hydrogens (tertiary/aromatic N) is 2. The summed E-state index contributed by atoms with van der Waals surface area (Å²) in [6.45, 7) is 2.05. The average molecular weight is 154 g/mol. The summed E-state index contributed by atoms with van der Waals surface area (Å²) >= 11 is 0. The van der Waals surface area contributed by atoms with Gasteiger partial charge in [0.2, 0.25) is 5.91 Å². The molecule has 0 aromatic rings. The van der Waals surface area contributed by atoms with Gasteiger partial charge < -0.3 is 10.0 Å². The van der Waals surface area contributed by atoms with Crippen LogP contribution in [0.2, 0.25) is 0 Å². The lowest BCUT2D eigenvalue weighted by Crippen LogP contribution is -2.62. The van der Waals surface area contributed by atoms with Crippen molar-refractivity contribution in [3.05, 3.63) is 0 Å². The van der Waals surface area contributed by atoms with E-state index < -0.39 is 5.60 Å².